The molecule has 2 aliphatic heterocycles. The van der Waals surface area contributed by atoms with E-state index in [4.69, 9.17) is 9.47 Å². The predicted octanol–water partition coefficient (Wildman–Crippen LogP) is 0.833. The van der Waals surface area contributed by atoms with E-state index in [1.54, 1.807) is 7.11 Å². The Morgan fingerprint density at radius 2 is 1.95 bits per heavy atom. The fourth-order valence-corrected chi connectivity index (χ4v) is 3.44. The van der Waals surface area contributed by atoms with E-state index in [-0.39, 0.29) is 5.54 Å². The Hall–Kier alpha value is -0.850. The standard InChI is InChI=1S/C16H32N4O2/c1-17-15(18-8-5-11-21-2)19-14-16(6-12-22-13-7-16)20-9-3-4-10-20/h3-14H2,1-2H3,(H2,17,18,19). The first-order chi connectivity index (χ1) is 10.8. The molecule has 0 atom stereocenters. The number of methoxy groups -OCH3 is 1. The van der Waals surface area contributed by atoms with E-state index >= 15 is 0 Å². The van der Waals surface area contributed by atoms with Crippen LogP contribution in [0.25, 0.3) is 0 Å². The summed E-state index contributed by atoms with van der Waals surface area (Å²) in [6.45, 7) is 6.80. The van der Waals surface area contributed by atoms with Gasteiger partial charge >= 0.3 is 0 Å². The molecule has 0 unspecified atom stereocenters. The van der Waals surface area contributed by atoms with Gasteiger partial charge in [-0.25, -0.2) is 0 Å². The summed E-state index contributed by atoms with van der Waals surface area (Å²) >= 11 is 0. The zero-order valence-electron chi connectivity index (χ0n) is 14.2. The Kier molecular flexibility index (Phi) is 7.42. The van der Waals surface area contributed by atoms with Gasteiger partial charge in [-0.05, 0) is 45.2 Å². The number of rotatable bonds is 7. The second-order valence-electron chi connectivity index (χ2n) is 6.23. The second-order valence-corrected chi connectivity index (χ2v) is 6.23. The molecule has 22 heavy (non-hydrogen) atoms. The molecule has 6 nitrogen and oxygen atoms in total. The Morgan fingerprint density at radius 1 is 1.23 bits per heavy atom. The van der Waals surface area contributed by atoms with Gasteiger partial charge in [0.2, 0.25) is 0 Å². The van der Waals surface area contributed by atoms with Crippen LogP contribution in [0.5, 0.6) is 0 Å². The molecule has 2 N–H and O–H groups in total. The van der Waals surface area contributed by atoms with Gasteiger partial charge in [0, 0.05) is 52.6 Å². The molecule has 2 saturated heterocycles. The van der Waals surface area contributed by atoms with Crippen molar-refractivity contribution >= 4 is 5.96 Å². The van der Waals surface area contributed by atoms with Crippen LogP contribution in [0.15, 0.2) is 4.99 Å². The van der Waals surface area contributed by atoms with E-state index in [9.17, 15) is 0 Å². The predicted molar refractivity (Wildman–Crippen MR) is 89.4 cm³/mol. The summed E-state index contributed by atoms with van der Waals surface area (Å²) < 4.78 is 10.7. The lowest BCUT2D eigenvalue weighted by atomic mass is 9.88. The average Bonchev–Trinajstić information content (AvgIpc) is 3.10. The molecule has 0 saturated carbocycles. The molecule has 128 valence electrons. The maximum atomic E-state index is 5.60. The van der Waals surface area contributed by atoms with Crippen LogP contribution in [0.3, 0.4) is 0 Å². The van der Waals surface area contributed by atoms with Crippen molar-refractivity contribution in [2.24, 2.45) is 4.99 Å². The van der Waals surface area contributed by atoms with Gasteiger partial charge < -0.3 is 20.1 Å². The Morgan fingerprint density at radius 3 is 2.59 bits per heavy atom. The van der Waals surface area contributed by atoms with Crippen molar-refractivity contribution in [2.45, 2.75) is 37.6 Å². The minimum absolute atomic E-state index is 0.235. The minimum atomic E-state index is 0.235. The molecular formula is C16H32N4O2. The van der Waals surface area contributed by atoms with Gasteiger partial charge in [-0.3, -0.25) is 9.89 Å². The van der Waals surface area contributed by atoms with Crippen molar-refractivity contribution in [3.8, 4) is 0 Å². The largest absolute Gasteiger partial charge is 0.385 e. The average molecular weight is 312 g/mol. The van der Waals surface area contributed by atoms with E-state index < -0.39 is 0 Å². The normalized spacial score (nSPS) is 22.7. The Bertz CT molecular complexity index is 337. The maximum absolute atomic E-state index is 5.60. The molecule has 2 heterocycles. The molecule has 0 aromatic carbocycles. The SMILES string of the molecule is CN=C(NCCCOC)NCC1(N2CCCC2)CCOCC1. The Balaban J connectivity index is 1.84. The molecule has 0 spiro atoms. The van der Waals surface area contributed by atoms with Crippen molar-refractivity contribution in [3.63, 3.8) is 0 Å². The van der Waals surface area contributed by atoms with E-state index in [1.165, 1.54) is 25.9 Å². The van der Waals surface area contributed by atoms with Crippen molar-refractivity contribution in [2.75, 3.05) is 60.2 Å². The smallest absolute Gasteiger partial charge is 0.191 e. The van der Waals surface area contributed by atoms with Gasteiger partial charge in [0.1, 0.15) is 0 Å². The highest BCUT2D eigenvalue weighted by molar-refractivity contribution is 5.79. The number of likely N-dealkylation sites (tertiary alicyclic amines) is 1. The summed E-state index contributed by atoms with van der Waals surface area (Å²) in [5.41, 5.74) is 0.235. The van der Waals surface area contributed by atoms with E-state index in [0.717, 1.165) is 58.1 Å². The first-order valence-electron chi connectivity index (χ1n) is 8.57. The van der Waals surface area contributed by atoms with E-state index in [0.29, 0.717) is 0 Å². The number of aliphatic imine (C=N–C) groups is 1. The molecule has 2 rings (SSSR count). The third kappa shape index (κ3) is 4.83. The number of hydrogen-bond donors (Lipinski definition) is 2. The first kappa shape index (κ1) is 17.5. The molecule has 0 radical (unpaired) electrons. The summed E-state index contributed by atoms with van der Waals surface area (Å²) in [5.74, 6) is 0.890. The van der Waals surface area contributed by atoms with Gasteiger partial charge in [-0.15, -0.1) is 0 Å². The lowest BCUT2D eigenvalue weighted by Gasteiger charge is -2.45. The fourth-order valence-electron chi connectivity index (χ4n) is 3.44. The maximum Gasteiger partial charge on any atom is 0.191 e. The van der Waals surface area contributed by atoms with Crippen molar-refractivity contribution in [1.82, 2.24) is 15.5 Å². The van der Waals surface area contributed by atoms with E-state index in [1.807, 2.05) is 7.05 Å². The number of hydrogen-bond acceptors (Lipinski definition) is 4. The number of nitrogens with one attached hydrogen (secondary N) is 2. The lowest BCUT2D eigenvalue weighted by molar-refractivity contribution is -0.0164. The highest BCUT2D eigenvalue weighted by atomic mass is 16.5. The van der Waals surface area contributed by atoms with Crippen LogP contribution in [-0.2, 0) is 9.47 Å². The quantitative estimate of drug-likeness (QED) is 0.414. The third-order valence-corrected chi connectivity index (χ3v) is 4.83. The summed E-state index contributed by atoms with van der Waals surface area (Å²) in [6, 6.07) is 0. The zero-order valence-corrected chi connectivity index (χ0v) is 14.2. The van der Waals surface area contributed by atoms with Crippen molar-refractivity contribution in [3.05, 3.63) is 0 Å². The lowest BCUT2D eigenvalue weighted by Crippen LogP contribution is -2.58. The molecule has 0 aromatic heterocycles. The van der Waals surface area contributed by atoms with Gasteiger partial charge in [-0.1, -0.05) is 0 Å². The molecule has 2 aliphatic rings. The van der Waals surface area contributed by atoms with Crippen LogP contribution in [-0.4, -0.2) is 76.6 Å². The highest BCUT2D eigenvalue weighted by Gasteiger charge is 2.39. The molecule has 0 aliphatic carbocycles. The van der Waals surface area contributed by atoms with E-state index in [2.05, 4.69) is 20.5 Å². The summed E-state index contributed by atoms with van der Waals surface area (Å²) in [4.78, 5) is 7.00. The van der Waals surface area contributed by atoms with Crippen LogP contribution < -0.4 is 10.6 Å². The molecule has 6 heteroatoms. The highest BCUT2D eigenvalue weighted by Crippen LogP contribution is 2.30. The van der Waals surface area contributed by atoms with Gasteiger partial charge in [0.15, 0.2) is 5.96 Å². The molecular weight excluding hydrogens is 280 g/mol. The van der Waals surface area contributed by atoms with Crippen LogP contribution in [0, 0.1) is 0 Å². The summed E-state index contributed by atoms with van der Waals surface area (Å²) in [5, 5.41) is 6.90. The molecule has 0 aromatic rings. The number of guanidine groups is 1. The zero-order chi connectivity index (χ0) is 15.7. The minimum Gasteiger partial charge on any atom is -0.385 e. The second kappa shape index (κ2) is 9.33. The topological polar surface area (TPSA) is 58.1 Å². The van der Waals surface area contributed by atoms with Gasteiger partial charge in [0.25, 0.3) is 0 Å². The van der Waals surface area contributed by atoms with Crippen LogP contribution in [0.4, 0.5) is 0 Å². The summed E-state index contributed by atoms with van der Waals surface area (Å²) in [6.07, 6.45) is 5.86. The number of ether oxygens (including phenoxy) is 2. The molecule has 0 amide bonds. The van der Waals surface area contributed by atoms with Crippen molar-refractivity contribution < 1.29 is 9.47 Å². The van der Waals surface area contributed by atoms with Gasteiger partial charge in [0.05, 0.1) is 0 Å². The fraction of sp³-hybridized carbons (Fsp3) is 0.938. The number of nitrogens with zero attached hydrogens (tertiary/aromatic N) is 2. The van der Waals surface area contributed by atoms with Gasteiger partial charge in [-0.2, -0.15) is 0 Å². The van der Waals surface area contributed by atoms with Crippen LogP contribution in [0.2, 0.25) is 0 Å². The monoisotopic (exact) mass is 312 g/mol. The van der Waals surface area contributed by atoms with Crippen LogP contribution >= 0.6 is 0 Å². The summed E-state index contributed by atoms with van der Waals surface area (Å²) in [7, 11) is 3.57. The van der Waals surface area contributed by atoms with Crippen LogP contribution in [0.1, 0.15) is 32.1 Å². The first-order valence-corrected chi connectivity index (χ1v) is 8.57. The van der Waals surface area contributed by atoms with Crippen molar-refractivity contribution in [1.29, 1.82) is 0 Å². The molecule has 2 fully saturated rings. The Labute approximate surface area is 134 Å². The molecule has 0 bridgehead atoms. The third-order valence-electron chi connectivity index (χ3n) is 4.83.